The van der Waals surface area contributed by atoms with Gasteiger partial charge in [0.05, 0.1) is 0 Å². The van der Waals surface area contributed by atoms with Gasteiger partial charge < -0.3 is 0 Å². The van der Waals surface area contributed by atoms with E-state index in [2.05, 4.69) is 79.7 Å². The van der Waals surface area contributed by atoms with E-state index in [4.69, 9.17) is 0 Å². The number of rotatable bonds is 2. The minimum Gasteiger partial charge on any atom is -0.0683 e. The van der Waals surface area contributed by atoms with E-state index in [1.54, 1.807) is 0 Å². The Labute approximate surface area is 129 Å². The van der Waals surface area contributed by atoms with Crippen LogP contribution >= 0.6 is 0 Å². The quantitative estimate of drug-likeness (QED) is 0.551. The maximum Gasteiger partial charge on any atom is -0.0307 e. The van der Waals surface area contributed by atoms with Gasteiger partial charge in [-0.3, -0.25) is 0 Å². The zero-order valence-corrected chi connectivity index (χ0v) is 15.7. The van der Waals surface area contributed by atoms with Crippen molar-refractivity contribution in [2.24, 2.45) is 10.8 Å². The van der Waals surface area contributed by atoms with Crippen LogP contribution in [-0.2, 0) is 12.8 Å². The Morgan fingerprint density at radius 1 is 0.600 bits per heavy atom. The van der Waals surface area contributed by atoms with Gasteiger partial charge in [-0.2, -0.15) is 0 Å². The van der Waals surface area contributed by atoms with Crippen LogP contribution in [0.5, 0.6) is 0 Å². The van der Waals surface area contributed by atoms with Gasteiger partial charge in [0.1, 0.15) is 0 Å². The van der Waals surface area contributed by atoms with Gasteiger partial charge in [-0.15, -0.1) is 0 Å². The summed E-state index contributed by atoms with van der Waals surface area (Å²) >= 11 is 0. The van der Waals surface area contributed by atoms with E-state index in [9.17, 15) is 0 Å². The maximum atomic E-state index is 2.27. The molecule has 0 spiro atoms. The summed E-state index contributed by atoms with van der Waals surface area (Å²) in [5, 5.41) is 0. The van der Waals surface area contributed by atoms with Crippen LogP contribution in [0.25, 0.3) is 0 Å². The summed E-state index contributed by atoms with van der Waals surface area (Å²) in [4.78, 5) is 0. The Bertz CT molecular complexity index is 282. The molecule has 0 heteroatoms. The molecule has 0 bridgehead atoms. The molecule has 1 aromatic carbocycles. The van der Waals surface area contributed by atoms with Gasteiger partial charge in [-0.25, -0.2) is 0 Å². The molecule has 0 aliphatic rings. The SMILES string of the molecule is CC.CC(C)(C)C(C)(C)C.CCc1ccc(CC)cc1. The van der Waals surface area contributed by atoms with Crippen molar-refractivity contribution in [3.05, 3.63) is 35.4 Å². The van der Waals surface area contributed by atoms with Crippen molar-refractivity contribution in [2.75, 3.05) is 0 Å². The highest BCUT2D eigenvalue weighted by Crippen LogP contribution is 2.36. The maximum absolute atomic E-state index is 2.27. The van der Waals surface area contributed by atoms with Crippen LogP contribution < -0.4 is 0 Å². The van der Waals surface area contributed by atoms with Gasteiger partial charge >= 0.3 is 0 Å². The van der Waals surface area contributed by atoms with Crippen molar-refractivity contribution in [3.8, 4) is 0 Å². The third-order valence-corrected chi connectivity index (χ3v) is 4.09. The van der Waals surface area contributed by atoms with Crippen molar-refractivity contribution in [1.82, 2.24) is 0 Å². The summed E-state index contributed by atoms with van der Waals surface area (Å²) in [7, 11) is 0. The summed E-state index contributed by atoms with van der Waals surface area (Å²) in [6, 6.07) is 8.83. The second kappa shape index (κ2) is 10.0. The molecule has 0 fully saturated rings. The van der Waals surface area contributed by atoms with E-state index in [0.717, 1.165) is 12.8 Å². The van der Waals surface area contributed by atoms with Crippen LogP contribution in [0.4, 0.5) is 0 Å². The van der Waals surface area contributed by atoms with E-state index in [1.807, 2.05) is 13.8 Å². The van der Waals surface area contributed by atoms with Gasteiger partial charge in [-0.05, 0) is 34.8 Å². The fraction of sp³-hybridized carbons (Fsp3) is 0.700. The molecule has 0 radical (unpaired) electrons. The number of aryl methyl sites for hydroxylation is 2. The largest absolute Gasteiger partial charge is 0.0683 e. The molecular formula is C20H38. The molecule has 0 amide bonds. The molecule has 0 aromatic heterocycles. The zero-order valence-electron chi connectivity index (χ0n) is 15.7. The summed E-state index contributed by atoms with van der Waals surface area (Å²) in [5.74, 6) is 0. The van der Waals surface area contributed by atoms with E-state index in [-0.39, 0.29) is 0 Å². The van der Waals surface area contributed by atoms with Gasteiger partial charge in [0.15, 0.2) is 0 Å². The van der Waals surface area contributed by atoms with Crippen LogP contribution in [0, 0.1) is 10.8 Å². The first-order valence-corrected chi connectivity index (χ1v) is 8.19. The third kappa shape index (κ3) is 9.18. The average Bonchev–Trinajstić information content (AvgIpc) is 2.39. The molecule has 0 nitrogen and oxygen atoms in total. The molecule has 0 aliphatic carbocycles. The van der Waals surface area contributed by atoms with E-state index in [1.165, 1.54) is 11.1 Å². The summed E-state index contributed by atoms with van der Waals surface area (Å²) in [5.41, 5.74) is 3.73. The fourth-order valence-electron chi connectivity index (χ4n) is 1.01. The van der Waals surface area contributed by atoms with Crippen molar-refractivity contribution < 1.29 is 0 Å². The molecule has 0 saturated heterocycles. The molecule has 0 N–H and O–H groups in total. The Hall–Kier alpha value is -0.780. The van der Waals surface area contributed by atoms with Crippen LogP contribution in [0.1, 0.15) is 80.4 Å². The smallest absolute Gasteiger partial charge is 0.0307 e. The first-order valence-electron chi connectivity index (χ1n) is 8.19. The van der Waals surface area contributed by atoms with E-state index in [0.29, 0.717) is 10.8 Å². The van der Waals surface area contributed by atoms with Crippen molar-refractivity contribution in [1.29, 1.82) is 0 Å². The second-order valence-corrected chi connectivity index (χ2v) is 7.02. The Balaban J connectivity index is 0. The van der Waals surface area contributed by atoms with Gasteiger partial charge in [0.2, 0.25) is 0 Å². The molecule has 0 unspecified atom stereocenters. The van der Waals surface area contributed by atoms with Crippen molar-refractivity contribution in [2.45, 2.75) is 82.1 Å². The molecule has 0 heterocycles. The van der Waals surface area contributed by atoms with Crippen LogP contribution in [0.15, 0.2) is 24.3 Å². The fourth-order valence-corrected chi connectivity index (χ4v) is 1.01. The predicted octanol–water partition coefficient (Wildman–Crippen LogP) is 6.92. The van der Waals surface area contributed by atoms with Crippen LogP contribution in [-0.4, -0.2) is 0 Å². The van der Waals surface area contributed by atoms with Gasteiger partial charge in [-0.1, -0.05) is 93.5 Å². The Morgan fingerprint density at radius 3 is 0.900 bits per heavy atom. The minimum atomic E-state index is 0.437. The molecule has 20 heavy (non-hydrogen) atoms. The van der Waals surface area contributed by atoms with Gasteiger partial charge in [0.25, 0.3) is 0 Å². The first-order chi connectivity index (χ1) is 9.11. The summed E-state index contributed by atoms with van der Waals surface area (Å²) < 4.78 is 0. The lowest BCUT2D eigenvalue weighted by Gasteiger charge is -2.34. The van der Waals surface area contributed by atoms with Gasteiger partial charge in [0, 0.05) is 0 Å². The zero-order chi connectivity index (χ0) is 16.4. The third-order valence-electron chi connectivity index (χ3n) is 4.09. The summed E-state index contributed by atoms with van der Waals surface area (Å²) in [6.45, 7) is 22.0. The highest BCUT2D eigenvalue weighted by Gasteiger charge is 2.26. The highest BCUT2D eigenvalue weighted by molar-refractivity contribution is 5.22. The normalized spacial score (nSPS) is 10.9. The molecule has 0 aliphatic heterocycles. The lowest BCUT2D eigenvalue weighted by Crippen LogP contribution is -2.25. The summed E-state index contributed by atoms with van der Waals surface area (Å²) in [6.07, 6.45) is 2.29. The Kier molecular flexibility index (Phi) is 10.8. The molecule has 118 valence electrons. The van der Waals surface area contributed by atoms with Crippen molar-refractivity contribution >= 4 is 0 Å². The Morgan fingerprint density at radius 2 is 0.800 bits per heavy atom. The van der Waals surface area contributed by atoms with Crippen LogP contribution in [0.2, 0.25) is 0 Å². The topological polar surface area (TPSA) is 0 Å². The average molecular weight is 279 g/mol. The van der Waals surface area contributed by atoms with Crippen molar-refractivity contribution in [3.63, 3.8) is 0 Å². The monoisotopic (exact) mass is 278 g/mol. The lowest BCUT2D eigenvalue weighted by atomic mass is 9.71. The number of hydrogen-bond acceptors (Lipinski definition) is 0. The standard InChI is InChI=1S/C10H14.C8H18.C2H6/c1-3-9-5-7-10(4-2)8-6-9;1-7(2,3)8(4,5)6;1-2/h5-8H,3-4H2,1-2H3;1-6H3;1-2H3. The van der Waals surface area contributed by atoms with E-state index < -0.39 is 0 Å². The first kappa shape index (κ1) is 21.5. The second-order valence-electron chi connectivity index (χ2n) is 7.02. The number of benzene rings is 1. The molecule has 0 saturated carbocycles. The molecule has 1 aromatic rings. The minimum absolute atomic E-state index is 0.437. The predicted molar refractivity (Wildman–Crippen MR) is 95.5 cm³/mol. The molecule has 0 atom stereocenters. The number of hydrogen-bond donors (Lipinski definition) is 0. The molecular weight excluding hydrogens is 240 g/mol. The highest BCUT2D eigenvalue weighted by atomic mass is 14.3. The van der Waals surface area contributed by atoms with E-state index >= 15 is 0 Å². The van der Waals surface area contributed by atoms with Crippen LogP contribution in [0.3, 0.4) is 0 Å². The molecule has 1 rings (SSSR count). The lowest BCUT2D eigenvalue weighted by molar-refractivity contribution is 0.157.